The van der Waals surface area contributed by atoms with Crippen LogP contribution in [0.1, 0.15) is 41.0 Å². The number of ether oxygens (including phenoxy) is 3. The summed E-state index contributed by atoms with van der Waals surface area (Å²) in [6, 6.07) is 77.3. The normalized spacial score (nSPS) is 12.8. The summed E-state index contributed by atoms with van der Waals surface area (Å²) < 4.78 is 21.1. The molecule has 2 aliphatic heterocycles. The van der Waals surface area contributed by atoms with Crippen molar-refractivity contribution in [3.63, 3.8) is 0 Å². The number of hydrogen-bond acceptors (Lipinski definition) is 24. The summed E-state index contributed by atoms with van der Waals surface area (Å²) in [7, 11) is 52.4. The van der Waals surface area contributed by atoms with E-state index in [0.717, 1.165) is 34.1 Å². The minimum atomic E-state index is -1.59. The molecule has 1 saturated heterocycles. The van der Waals surface area contributed by atoms with Crippen LogP contribution in [0.5, 0.6) is 0 Å². The number of anilines is 15. The zero-order valence-electron chi connectivity index (χ0n) is 85.8. The van der Waals surface area contributed by atoms with Crippen molar-refractivity contribution in [3.05, 3.63) is 218 Å². The molecule has 2 unspecified atom stereocenters. The second kappa shape index (κ2) is 55.4. The maximum Gasteiger partial charge on any atom is 0.506 e. The minimum absolute atomic E-state index is 0.141. The fraction of sp³-hybridized carbons (Fsp3) is 0.414. The van der Waals surface area contributed by atoms with Crippen LogP contribution in [0.25, 0.3) is 0 Å². The smallest absolute Gasteiger partial charge is 0.399 e. The molecule has 2 aliphatic rings. The van der Waals surface area contributed by atoms with Crippen LogP contribution in [0.2, 0.25) is 19.6 Å². The molecule has 9 aromatic rings. The fourth-order valence-electron chi connectivity index (χ4n) is 13.9. The van der Waals surface area contributed by atoms with Gasteiger partial charge in [0.15, 0.2) is 8.24 Å². The van der Waals surface area contributed by atoms with Gasteiger partial charge >= 0.3 is 208 Å². The number of aliphatic imine (C=N–C) groups is 2. The first-order valence-electron chi connectivity index (χ1n) is 44.9. The Morgan fingerprint density at radius 1 is 0.417 bits per heavy atom. The number of aliphatic hydroxyl groups excluding tert-OH is 2. The molecule has 0 amide bonds. The van der Waals surface area contributed by atoms with Crippen molar-refractivity contribution in [3.8, 4) is 0 Å². The summed E-state index contributed by atoms with van der Waals surface area (Å²) >= 11 is 2.46. The van der Waals surface area contributed by atoms with Crippen molar-refractivity contribution < 1.29 is 48.3 Å². The van der Waals surface area contributed by atoms with Crippen molar-refractivity contribution in [2.24, 2.45) is 9.98 Å². The molecule has 0 bridgehead atoms. The molecule has 0 aromatic heterocycles. The Balaban J connectivity index is 0.000000286. The van der Waals surface area contributed by atoms with Crippen LogP contribution in [0.4, 0.5) is 102 Å². The molecule has 0 aliphatic carbocycles. The zero-order chi connectivity index (χ0) is 98.6. The molecule has 27 nitrogen and oxygen atoms in total. The van der Waals surface area contributed by atoms with Crippen LogP contribution in [0.15, 0.2) is 222 Å². The van der Waals surface area contributed by atoms with Gasteiger partial charge in [0.2, 0.25) is 6.34 Å². The molecule has 718 valence electrons. The second-order valence-corrected chi connectivity index (χ2v) is 41.8. The summed E-state index contributed by atoms with van der Waals surface area (Å²) in [4.78, 5) is 44.3. The largest absolute Gasteiger partial charge is 0.506 e. The van der Waals surface area contributed by atoms with E-state index in [4.69, 9.17) is 35.1 Å². The first-order chi connectivity index (χ1) is 62.2. The molecule has 0 saturated carbocycles. The molecule has 2 atom stereocenters. The molecule has 2 heterocycles. The summed E-state index contributed by atoms with van der Waals surface area (Å²) in [6.45, 7) is 18.1. The van der Waals surface area contributed by atoms with Crippen LogP contribution in [0.3, 0.4) is 0 Å². The minimum Gasteiger partial charge on any atom is -0.399 e. The number of nitrogens with two attached hydrogens (primary N) is 1. The Bertz CT molecular complexity index is 4750. The Kier molecular flexibility index (Phi) is 47.0. The fourth-order valence-corrected chi connectivity index (χ4v) is 16.4. The number of nitrogen functional groups attached to an aromatic ring is 1. The SMILES string of the molecule is CC(O)CC(C)O.CCOC(OCC)OCC.CN(C)B1B(N(C)C)N(c2ccc(N(C)C)cc2)[C](=[Pt])N1c1[c-]cc(N(C)C)cc1.CN(C)B1B(N(C)C)[N+](c2ccc(N(C)C)cc2)=CN1c1ccc(N(C)C)cc1.CN(C)c1ccc(N)cc1.CN(C)c1ccc(N=CN(c2ccc(N(C)C)cc2)[Si](C)(C)C)cc1.CN(C)c1ccc(N=CNc2ccc(N(C)C)cc2)cc1. The summed E-state index contributed by atoms with van der Waals surface area (Å²) in [5, 5.41) is 20.3. The first-order valence-corrected chi connectivity index (χ1v) is 49.5. The van der Waals surface area contributed by atoms with Crippen molar-refractivity contribution >= 4 is 161 Å². The third-order valence-corrected chi connectivity index (χ3v) is 24.1. The van der Waals surface area contributed by atoms with Gasteiger partial charge in [0.25, 0.3) is 6.48 Å². The molecule has 9 aromatic carbocycles. The number of aliphatic hydroxyl groups is 2. The van der Waals surface area contributed by atoms with E-state index in [1.807, 2.05) is 137 Å². The van der Waals surface area contributed by atoms with Gasteiger partial charge in [-0.15, -0.1) is 0 Å². The Labute approximate surface area is 808 Å². The van der Waals surface area contributed by atoms with E-state index in [-0.39, 0.29) is 39.7 Å². The maximum absolute atomic E-state index is 8.56. The molecule has 0 spiro atoms. The standard InChI is InChI=1S/C21H33B2N6.C21H31B2N6.C20H30N4Si.C17H22N4.C8H12N2.C7H16O3.C5H12O2.Pt/c2*1-24(2)18-9-13-20(14-10-18)28-17-29(23(27(7)8)22(28)26(5)6)21-15-11-19(12-16-21)25(3)4;1-22(2)18-10-8-17(9-11-18)21-16-24(25(5,6)7)20-14-12-19(13-15-20)23(3)4;1-20(2)16-9-5-14(6-10-16)18-13-19-15-7-11-17(12-8-15)21(3)4;1-10(2)8-5-3-7(9)4-6-8;1-4-8-7(9-5-2)10-6-3;1-4(6)3-5(2)7;/h9-17H,1-8H3;9-15H,1-8H3;8-16H,1-7H3;5-13H,1-4H3,(H,18,19);3-6H,9H2,1-2H3;7H,4-6H2,1-3H3;4-7H,3H2,1-2H3;/q+1;-1;;;;;;. The molecule has 0 radical (unpaired) electrons. The average Bonchev–Trinajstić information content (AvgIpc) is 1.76. The van der Waals surface area contributed by atoms with E-state index >= 15 is 0 Å². The van der Waals surface area contributed by atoms with Gasteiger partial charge in [0.05, 0.1) is 36.3 Å². The van der Waals surface area contributed by atoms with Gasteiger partial charge in [-0.3, -0.25) is 9.30 Å². The van der Waals surface area contributed by atoms with Crippen molar-refractivity contribution in [2.45, 2.75) is 79.4 Å². The van der Waals surface area contributed by atoms with E-state index in [1.165, 1.54) is 72.4 Å². The monoisotopic (exact) mass is 2000 g/mol. The number of nitrogens with zero attached hydrogens (tertiary/aromatic N) is 20. The van der Waals surface area contributed by atoms with Crippen LogP contribution in [-0.4, -0.2) is 315 Å². The van der Waals surface area contributed by atoms with Crippen molar-refractivity contribution in [2.75, 3.05) is 277 Å². The van der Waals surface area contributed by atoms with Crippen molar-refractivity contribution in [1.82, 2.24) is 19.2 Å². The second-order valence-electron chi connectivity index (χ2n) is 35.9. The maximum atomic E-state index is 8.56. The Morgan fingerprint density at radius 2 is 0.742 bits per heavy atom. The van der Waals surface area contributed by atoms with E-state index in [1.54, 1.807) is 20.2 Å². The van der Waals surface area contributed by atoms with Crippen LogP contribution >= 0.6 is 0 Å². The Morgan fingerprint density at radius 3 is 1.08 bits per heavy atom. The third-order valence-electron chi connectivity index (χ3n) is 21.1. The average molecular weight is 2000 g/mol. The van der Waals surface area contributed by atoms with Gasteiger partial charge in [-0.2, -0.15) is 0 Å². The van der Waals surface area contributed by atoms with Gasteiger partial charge in [-0.1, -0.05) is 19.6 Å². The van der Waals surface area contributed by atoms with E-state index in [9.17, 15) is 0 Å². The molecule has 1 fully saturated rings. The van der Waals surface area contributed by atoms with Crippen LogP contribution < -0.4 is 74.1 Å². The van der Waals surface area contributed by atoms with Crippen LogP contribution in [0, 0.1) is 6.07 Å². The van der Waals surface area contributed by atoms with E-state index in [2.05, 4.69) is 434 Å². The predicted molar refractivity (Wildman–Crippen MR) is 579 cm³/mol. The van der Waals surface area contributed by atoms with E-state index < -0.39 is 14.7 Å². The third kappa shape index (κ3) is 35.6. The molecule has 11 rings (SSSR count). The molecular formula is C99H156B4N22O5PtSi. The number of benzene rings is 9. The quantitative estimate of drug-likeness (QED) is 0.00777. The molecule has 33 heteroatoms. The number of nitrogens with one attached hydrogen (secondary N) is 1. The molecule has 132 heavy (non-hydrogen) atoms. The van der Waals surface area contributed by atoms with E-state index in [0.29, 0.717) is 26.2 Å². The van der Waals surface area contributed by atoms with Crippen LogP contribution in [-0.2, 0) is 33.6 Å². The molecular weight excluding hydrogens is 1840 g/mol. The summed E-state index contributed by atoms with van der Waals surface area (Å²) in [6.07, 6.45) is 5.67. The zero-order valence-corrected chi connectivity index (χ0v) is 89.0. The van der Waals surface area contributed by atoms with Gasteiger partial charge < -0.3 is 84.0 Å². The topological polar surface area (TPSA) is 189 Å². The van der Waals surface area contributed by atoms with Gasteiger partial charge in [-0.25, -0.2) is 9.98 Å². The van der Waals surface area contributed by atoms with Gasteiger partial charge in [-0.05, 0) is 239 Å². The predicted octanol–water partition coefficient (Wildman–Crippen LogP) is 15.2. The van der Waals surface area contributed by atoms with Gasteiger partial charge in [0, 0.05) is 175 Å². The van der Waals surface area contributed by atoms with Gasteiger partial charge in [0.1, 0.15) is 11.4 Å². The summed E-state index contributed by atoms with van der Waals surface area (Å²) in [5.41, 5.74) is 25.7. The first kappa shape index (κ1) is 112. The Hall–Kier alpha value is -10.3. The molecule has 5 N–H and O–H groups in total. The summed E-state index contributed by atoms with van der Waals surface area (Å²) in [5.74, 6) is 0. The number of rotatable bonds is 32. The number of hydrogen-bond donors (Lipinski definition) is 4. The van der Waals surface area contributed by atoms with Crippen molar-refractivity contribution in [1.29, 1.82) is 0 Å².